The van der Waals surface area contributed by atoms with Gasteiger partial charge in [-0.3, -0.25) is 0 Å². The zero-order chi connectivity index (χ0) is 21.5. The van der Waals surface area contributed by atoms with E-state index in [1.807, 2.05) is 37.5 Å². The van der Waals surface area contributed by atoms with Gasteiger partial charge < -0.3 is 20.4 Å². The van der Waals surface area contributed by atoms with Gasteiger partial charge in [-0.15, -0.1) is 0 Å². The number of H-pyrrole nitrogens is 1. The monoisotopic (exact) mass is 408 g/mol. The van der Waals surface area contributed by atoms with Gasteiger partial charge in [0.25, 0.3) is 0 Å². The lowest BCUT2D eigenvalue weighted by Crippen LogP contribution is -2.36. The van der Waals surface area contributed by atoms with Crippen LogP contribution < -0.4 is 10.6 Å². The molecule has 1 unspecified atom stereocenters. The number of nitrogens with zero attached hydrogens (tertiary/aromatic N) is 3. The highest BCUT2D eigenvalue weighted by molar-refractivity contribution is 5.91. The topological polar surface area (TPSA) is 95.6 Å². The zero-order valence-electron chi connectivity index (χ0n) is 16.3. The van der Waals surface area contributed by atoms with E-state index in [0.29, 0.717) is 18.1 Å². The lowest BCUT2D eigenvalue weighted by molar-refractivity contribution is -0.123. The molecular formula is C19H23F3N6O. The van der Waals surface area contributed by atoms with Crippen LogP contribution in [0.4, 0.5) is 19.0 Å². The van der Waals surface area contributed by atoms with Gasteiger partial charge in [-0.1, -0.05) is 6.92 Å². The van der Waals surface area contributed by atoms with Crippen molar-refractivity contribution in [2.45, 2.75) is 32.0 Å². The Balaban J connectivity index is 0.000000370. The summed E-state index contributed by atoms with van der Waals surface area (Å²) in [7, 11) is 1.26. The van der Waals surface area contributed by atoms with Crippen molar-refractivity contribution in [2.24, 2.45) is 0 Å². The normalized spacial score (nSPS) is 13.3. The molecule has 0 fully saturated rings. The van der Waals surface area contributed by atoms with E-state index in [1.165, 1.54) is 7.05 Å². The minimum Gasteiger partial charge on any atom is -0.358 e. The standard InChI is InChI=1S/C16H17N5O.C3H6F3N/c1-3-16(2,10-22)21-13-6-8-18-15(20-13)12-9-19-14-11(12)5-4-7-17-14;1-7-2-3(4,5)6/h4-10H,3H2,1-2H3,(H,17,19)(H,18,20,21);7H,2H2,1H3. The molecule has 0 aliphatic carbocycles. The first-order chi connectivity index (χ1) is 13.7. The SMILES string of the molecule is CCC(C)(C=O)Nc1ccnc(-c2c[nH]c3ncccc23)n1.CNCC(F)(F)F. The molecule has 1 atom stereocenters. The maximum Gasteiger partial charge on any atom is 0.401 e. The summed E-state index contributed by atoms with van der Waals surface area (Å²) in [5, 5.41) is 6.11. The second-order valence-corrected chi connectivity index (χ2v) is 6.53. The molecular weight excluding hydrogens is 385 g/mol. The van der Waals surface area contributed by atoms with Crippen molar-refractivity contribution >= 4 is 23.1 Å². The third kappa shape index (κ3) is 6.24. The second-order valence-electron chi connectivity index (χ2n) is 6.53. The maximum atomic E-state index is 11.2. The Kier molecular flexibility index (Phi) is 7.27. The first-order valence-corrected chi connectivity index (χ1v) is 8.92. The van der Waals surface area contributed by atoms with E-state index in [0.717, 1.165) is 22.9 Å². The van der Waals surface area contributed by atoms with Gasteiger partial charge >= 0.3 is 6.18 Å². The molecule has 0 bridgehead atoms. The molecule has 3 aromatic heterocycles. The quantitative estimate of drug-likeness (QED) is 0.540. The molecule has 0 aliphatic rings. The number of nitrogens with one attached hydrogen (secondary N) is 3. The molecule has 156 valence electrons. The van der Waals surface area contributed by atoms with Gasteiger partial charge in [0.15, 0.2) is 5.82 Å². The highest BCUT2D eigenvalue weighted by Crippen LogP contribution is 2.25. The van der Waals surface area contributed by atoms with E-state index < -0.39 is 18.3 Å². The van der Waals surface area contributed by atoms with Gasteiger partial charge in [0.05, 0.1) is 12.1 Å². The average Bonchev–Trinajstić information content (AvgIpc) is 3.12. The average molecular weight is 408 g/mol. The first-order valence-electron chi connectivity index (χ1n) is 8.92. The van der Waals surface area contributed by atoms with Crippen LogP contribution in [0.1, 0.15) is 20.3 Å². The predicted octanol–water partition coefficient (Wildman–Crippen LogP) is 3.57. The third-order valence-electron chi connectivity index (χ3n) is 4.13. The summed E-state index contributed by atoms with van der Waals surface area (Å²) in [4.78, 5) is 27.4. The summed E-state index contributed by atoms with van der Waals surface area (Å²) in [6.45, 7) is 2.89. The summed E-state index contributed by atoms with van der Waals surface area (Å²) in [5.41, 5.74) is 1.05. The minimum atomic E-state index is -4.06. The maximum absolute atomic E-state index is 11.2. The van der Waals surface area contributed by atoms with Crippen LogP contribution >= 0.6 is 0 Å². The summed E-state index contributed by atoms with van der Waals surface area (Å²) in [6.07, 6.45) is 2.78. The Hall–Kier alpha value is -3.01. The van der Waals surface area contributed by atoms with E-state index in [9.17, 15) is 18.0 Å². The molecule has 0 spiro atoms. The number of aldehydes is 1. The molecule has 3 aromatic rings. The number of carbonyl (C=O) groups is 1. The Morgan fingerprint density at radius 3 is 2.55 bits per heavy atom. The highest BCUT2D eigenvalue weighted by atomic mass is 19.4. The number of pyridine rings is 1. The molecule has 3 heterocycles. The number of carbonyl (C=O) groups excluding carboxylic acids is 1. The van der Waals surface area contributed by atoms with Gasteiger partial charge in [0.1, 0.15) is 17.8 Å². The number of hydrogen-bond donors (Lipinski definition) is 3. The number of fused-ring (bicyclic) bond motifs is 1. The fraction of sp³-hybridized carbons (Fsp3) is 0.368. The minimum absolute atomic E-state index is 0.591. The van der Waals surface area contributed by atoms with E-state index >= 15 is 0 Å². The van der Waals surface area contributed by atoms with Crippen LogP contribution in [0.15, 0.2) is 36.8 Å². The largest absolute Gasteiger partial charge is 0.401 e. The zero-order valence-corrected chi connectivity index (χ0v) is 16.3. The molecule has 0 radical (unpaired) electrons. The second kappa shape index (κ2) is 9.46. The van der Waals surface area contributed by atoms with Gasteiger partial charge in [-0.25, -0.2) is 15.0 Å². The number of alkyl halides is 3. The molecule has 0 aromatic carbocycles. The van der Waals surface area contributed by atoms with E-state index in [-0.39, 0.29) is 0 Å². The van der Waals surface area contributed by atoms with Crippen LogP contribution in [0, 0.1) is 0 Å². The van der Waals surface area contributed by atoms with Crippen molar-refractivity contribution in [3.05, 3.63) is 36.8 Å². The molecule has 7 nitrogen and oxygen atoms in total. The predicted molar refractivity (Wildman–Crippen MR) is 105 cm³/mol. The Bertz CT molecular complexity index is 943. The van der Waals surface area contributed by atoms with Crippen molar-refractivity contribution < 1.29 is 18.0 Å². The summed E-state index contributed by atoms with van der Waals surface area (Å²) >= 11 is 0. The van der Waals surface area contributed by atoms with Crippen molar-refractivity contribution in [3.63, 3.8) is 0 Å². The molecule has 0 saturated carbocycles. The van der Waals surface area contributed by atoms with Crippen molar-refractivity contribution in [3.8, 4) is 11.4 Å². The number of halogens is 3. The molecule has 0 amide bonds. The first kappa shape index (κ1) is 22.3. The molecule has 3 N–H and O–H groups in total. The third-order valence-corrected chi connectivity index (χ3v) is 4.13. The summed E-state index contributed by atoms with van der Waals surface area (Å²) in [6, 6.07) is 5.61. The fourth-order valence-electron chi connectivity index (χ4n) is 2.39. The molecule has 0 aliphatic heterocycles. The molecule has 10 heteroatoms. The van der Waals surface area contributed by atoms with Crippen molar-refractivity contribution in [2.75, 3.05) is 18.9 Å². The van der Waals surface area contributed by atoms with Crippen LogP contribution in [-0.2, 0) is 4.79 Å². The van der Waals surface area contributed by atoms with E-state index in [1.54, 1.807) is 18.5 Å². The molecule has 29 heavy (non-hydrogen) atoms. The number of hydrogen-bond acceptors (Lipinski definition) is 6. The highest BCUT2D eigenvalue weighted by Gasteiger charge is 2.25. The van der Waals surface area contributed by atoms with Crippen LogP contribution in [0.25, 0.3) is 22.4 Å². The molecule has 3 rings (SSSR count). The lowest BCUT2D eigenvalue weighted by Gasteiger charge is -2.23. The van der Waals surface area contributed by atoms with Crippen LogP contribution in [-0.4, -0.2) is 51.5 Å². The van der Waals surface area contributed by atoms with E-state index in [4.69, 9.17) is 0 Å². The Labute approximate surface area is 166 Å². The number of aromatic amines is 1. The number of rotatable bonds is 6. The van der Waals surface area contributed by atoms with Crippen LogP contribution in [0.5, 0.6) is 0 Å². The van der Waals surface area contributed by atoms with Gasteiger partial charge in [-0.2, -0.15) is 13.2 Å². The van der Waals surface area contributed by atoms with Gasteiger partial charge in [-0.05, 0) is 38.6 Å². The number of anilines is 1. The smallest absolute Gasteiger partial charge is 0.358 e. The summed E-state index contributed by atoms with van der Waals surface area (Å²) in [5.74, 6) is 1.22. The van der Waals surface area contributed by atoms with E-state index in [2.05, 4.69) is 25.3 Å². The number of aromatic nitrogens is 4. The van der Waals surface area contributed by atoms with Crippen molar-refractivity contribution in [1.29, 1.82) is 0 Å². The van der Waals surface area contributed by atoms with Crippen LogP contribution in [0.3, 0.4) is 0 Å². The fourth-order valence-corrected chi connectivity index (χ4v) is 2.39. The van der Waals surface area contributed by atoms with Crippen molar-refractivity contribution in [1.82, 2.24) is 25.3 Å². The Morgan fingerprint density at radius 1 is 1.21 bits per heavy atom. The Morgan fingerprint density at radius 2 is 1.97 bits per heavy atom. The van der Waals surface area contributed by atoms with Gasteiger partial charge in [0, 0.05) is 29.5 Å². The molecule has 0 saturated heterocycles. The summed E-state index contributed by atoms with van der Waals surface area (Å²) < 4.78 is 33.0. The van der Waals surface area contributed by atoms with Gasteiger partial charge in [0.2, 0.25) is 0 Å². The van der Waals surface area contributed by atoms with Crippen LogP contribution in [0.2, 0.25) is 0 Å². The lowest BCUT2D eigenvalue weighted by atomic mass is 10.0.